The van der Waals surface area contributed by atoms with Crippen LogP contribution in [0.3, 0.4) is 0 Å². The minimum absolute atomic E-state index is 0.125. The van der Waals surface area contributed by atoms with Crippen LogP contribution in [0, 0.1) is 6.92 Å². The first-order valence-electron chi connectivity index (χ1n) is 11.0. The van der Waals surface area contributed by atoms with Crippen molar-refractivity contribution in [2.75, 3.05) is 25.5 Å². The van der Waals surface area contributed by atoms with Crippen LogP contribution in [0.1, 0.15) is 58.5 Å². The molecule has 8 nitrogen and oxygen atoms in total. The van der Waals surface area contributed by atoms with Crippen molar-refractivity contribution in [2.45, 2.75) is 33.3 Å². The predicted molar refractivity (Wildman–Crippen MR) is 125 cm³/mol. The molecule has 0 fully saturated rings. The zero-order valence-corrected chi connectivity index (χ0v) is 19.1. The minimum atomic E-state index is -0.205. The second-order valence-electron chi connectivity index (χ2n) is 8.85. The van der Waals surface area contributed by atoms with Gasteiger partial charge in [0.2, 0.25) is 0 Å². The van der Waals surface area contributed by atoms with Crippen LogP contribution in [0.25, 0.3) is 22.8 Å². The predicted octanol–water partition coefficient (Wildman–Crippen LogP) is 4.20. The molecule has 170 valence electrons. The molecule has 2 aliphatic rings. The lowest BCUT2D eigenvalue weighted by atomic mass is 9.94. The zero-order chi connectivity index (χ0) is 23.3. The van der Waals surface area contributed by atoms with Crippen LogP contribution in [0.15, 0.2) is 28.8 Å². The first-order chi connectivity index (χ1) is 15.8. The van der Waals surface area contributed by atoms with Gasteiger partial charge in [0.05, 0.1) is 35.6 Å². The molecule has 5 rings (SSSR count). The van der Waals surface area contributed by atoms with E-state index in [4.69, 9.17) is 9.26 Å². The van der Waals surface area contributed by atoms with Crippen LogP contribution in [0.2, 0.25) is 0 Å². The molecule has 0 unspecified atom stereocenters. The summed E-state index contributed by atoms with van der Waals surface area (Å²) < 4.78 is 11.6. The van der Waals surface area contributed by atoms with Gasteiger partial charge in [-0.15, -0.1) is 0 Å². The molecule has 2 aromatic heterocycles. The van der Waals surface area contributed by atoms with E-state index in [9.17, 15) is 9.59 Å². The Morgan fingerprint density at radius 2 is 1.97 bits per heavy atom. The van der Waals surface area contributed by atoms with E-state index < -0.39 is 0 Å². The molecule has 0 atom stereocenters. The van der Waals surface area contributed by atoms with E-state index in [1.165, 1.54) is 0 Å². The third-order valence-electron chi connectivity index (χ3n) is 6.06. The third kappa shape index (κ3) is 3.66. The average molecular weight is 447 g/mol. The van der Waals surface area contributed by atoms with Crippen molar-refractivity contribution in [1.29, 1.82) is 0 Å². The molecule has 0 spiro atoms. The second kappa shape index (κ2) is 8.04. The quantitative estimate of drug-likeness (QED) is 0.584. The Morgan fingerprint density at radius 1 is 1.15 bits per heavy atom. The SMILES string of the molecule is Cc1cc2c([nH]1)/C=C1\C(=O)Nc3ccc(cc31)-c1c(noc1C(C)C)COCCN(C)C2=O. The number of benzene rings is 1. The lowest BCUT2D eigenvalue weighted by molar-refractivity contribution is -0.110. The van der Waals surface area contributed by atoms with E-state index >= 15 is 0 Å². The van der Waals surface area contributed by atoms with E-state index in [1.54, 1.807) is 18.0 Å². The fourth-order valence-corrected chi connectivity index (χ4v) is 4.35. The number of fused-ring (bicyclic) bond motifs is 4. The highest BCUT2D eigenvalue weighted by atomic mass is 16.5. The normalized spacial score (nSPS) is 17.7. The highest BCUT2D eigenvalue weighted by molar-refractivity contribution is 6.35. The minimum Gasteiger partial charge on any atom is -0.373 e. The van der Waals surface area contributed by atoms with Gasteiger partial charge < -0.3 is 24.5 Å². The maximum atomic E-state index is 13.1. The van der Waals surface area contributed by atoms with Crippen LogP contribution in [-0.4, -0.2) is 47.1 Å². The molecule has 2 amide bonds. The zero-order valence-electron chi connectivity index (χ0n) is 19.1. The van der Waals surface area contributed by atoms with Gasteiger partial charge in [-0.3, -0.25) is 9.59 Å². The van der Waals surface area contributed by atoms with Gasteiger partial charge in [0.15, 0.2) is 0 Å². The van der Waals surface area contributed by atoms with Gasteiger partial charge in [-0.2, -0.15) is 0 Å². The lowest BCUT2D eigenvalue weighted by Gasteiger charge is -2.17. The summed E-state index contributed by atoms with van der Waals surface area (Å²) in [6, 6.07) is 7.64. The molecule has 4 heterocycles. The van der Waals surface area contributed by atoms with Gasteiger partial charge in [-0.25, -0.2) is 0 Å². The molecule has 0 aliphatic carbocycles. The molecule has 33 heavy (non-hydrogen) atoms. The van der Waals surface area contributed by atoms with E-state index in [-0.39, 0.29) is 24.3 Å². The molecule has 3 aromatic rings. The van der Waals surface area contributed by atoms with Crippen LogP contribution >= 0.6 is 0 Å². The molecule has 2 aliphatic heterocycles. The van der Waals surface area contributed by atoms with Gasteiger partial charge in [0.1, 0.15) is 11.5 Å². The second-order valence-corrected chi connectivity index (χ2v) is 8.85. The van der Waals surface area contributed by atoms with E-state index in [0.717, 1.165) is 33.8 Å². The monoisotopic (exact) mass is 446 g/mol. The Labute approximate surface area is 191 Å². The number of amides is 2. The summed E-state index contributed by atoms with van der Waals surface area (Å²) >= 11 is 0. The molecule has 1 aromatic carbocycles. The molecule has 2 bridgehead atoms. The molecule has 8 heteroatoms. The number of H-pyrrole nitrogens is 1. The van der Waals surface area contributed by atoms with Crippen LogP contribution in [0.4, 0.5) is 5.69 Å². The Hall–Kier alpha value is -3.65. The number of rotatable bonds is 1. The van der Waals surface area contributed by atoms with Crippen molar-refractivity contribution < 1.29 is 18.8 Å². The van der Waals surface area contributed by atoms with Gasteiger partial charge in [-0.1, -0.05) is 25.1 Å². The Kier molecular flexibility index (Phi) is 5.17. The number of hydrogen-bond acceptors (Lipinski definition) is 5. The van der Waals surface area contributed by atoms with Crippen LogP contribution < -0.4 is 5.32 Å². The molecule has 0 radical (unpaired) electrons. The number of nitrogens with one attached hydrogen (secondary N) is 2. The maximum absolute atomic E-state index is 13.1. The maximum Gasteiger partial charge on any atom is 0.256 e. The van der Waals surface area contributed by atoms with Crippen LogP contribution in [-0.2, 0) is 16.1 Å². The number of carbonyl (C=O) groups excluding carboxylic acids is 2. The average Bonchev–Trinajstić information content (AvgIpc) is 3.45. The molecule has 0 saturated carbocycles. The number of aromatic nitrogens is 2. The largest absolute Gasteiger partial charge is 0.373 e. The Bertz CT molecular complexity index is 1300. The first kappa shape index (κ1) is 21.2. The van der Waals surface area contributed by atoms with Gasteiger partial charge in [0.25, 0.3) is 11.8 Å². The highest BCUT2D eigenvalue weighted by Crippen LogP contribution is 2.40. The van der Waals surface area contributed by atoms with Gasteiger partial charge >= 0.3 is 0 Å². The fourth-order valence-electron chi connectivity index (χ4n) is 4.35. The van der Waals surface area contributed by atoms with E-state index in [1.807, 2.05) is 31.2 Å². The molecular weight excluding hydrogens is 420 g/mol. The third-order valence-corrected chi connectivity index (χ3v) is 6.06. The summed E-state index contributed by atoms with van der Waals surface area (Å²) in [5, 5.41) is 7.20. The van der Waals surface area contributed by atoms with Gasteiger partial charge in [-0.05, 0) is 36.8 Å². The molecule has 0 saturated heterocycles. The summed E-state index contributed by atoms with van der Waals surface area (Å²) in [7, 11) is 1.74. The number of nitrogens with zero attached hydrogens (tertiary/aromatic N) is 2. The molecule has 2 N–H and O–H groups in total. The standard InChI is InChI=1S/C25H26N4O4/c1-13(2)23-22-15-5-6-19-16(10-15)17(24(30)27-19)11-20-18(9-14(3)26-20)25(31)29(4)7-8-32-12-21(22)28-33-23/h5-6,9-11,13,26H,7-8,12H2,1-4H3,(H,27,30)/b17-11-. The first-order valence-corrected chi connectivity index (χ1v) is 11.0. The fraction of sp³-hybridized carbons (Fsp3) is 0.320. The van der Waals surface area contributed by atoms with Gasteiger partial charge in [0, 0.05) is 36.5 Å². The number of likely N-dealkylation sites (N-methyl/N-ethyl adjacent to an activating group) is 1. The van der Waals surface area contributed by atoms with Crippen molar-refractivity contribution in [3.8, 4) is 11.1 Å². The number of aromatic amines is 1. The summed E-state index contributed by atoms with van der Waals surface area (Å²) in [4.78, 5) is 30.9. The molecular formula is C25H26N4O4. The van der Waals surface area contributed by atoms with E-state index in [2.05, 4.69) is 29.3 Å². The number of aryl methyl sites for hydroxylation is 1. The van der Waals surface area contributed by atoms with Crippen molar-refractivity contribution in [1.82, 2.24) is 15.0 Å². The Morgan fingerprint density at radius 3 is 2.76 bits per heavy atom. The number of carbonyl (C=O) groups is 2. The van der Waals surface area contributed by atoms with Crippen molar-refractivity contribution in [3.05, 3.63) is 58.2 Å². The van der Waals surface area contributed by atoms with Crippen molar-refractivity contribution in [3.63, 3.8) is 0 Å². The van der Waals surface area contributed by atoms with Crippen molar-refractivity contribution in [2.24, 2.45) is 0 Å². The summed E-state index contributed by atoms with van der Waals surface area (Å²) in [6.07, 6.45) is 1.76. The smallest absolute Gasteiger partial charge is 0.256 e. The van der Waals surface area contributed by atoms with E-state index in [0.29, 0.717) is 35.7 Å². The number of hydrogen-bond donors (Lipinski definition) is 2. The summed E-state index contributed by atoms with van der Waals surface area (Å²) in [5.41, 5.74) is 6.48. The Balaban J connectivity index is 1.72. The topological polar surface area (TPSA) is 100 Å². The highest BCUT2D eigenvalue weighted by Gasteiger charge is 2.28. The van der Waals surface area contributed by atoms with Crippen molar-refractivity contribution >= 4 is 29.2 Å². The van der Waals surface area contributed by atoms with Crippen LogP contribution in [0.5, 0.6) is 0 Å². The lowest BCUT2D eigenvalue weighted by Crippen LogP contribution is -2.30. The summed E-state index contributed by atoms with van der Waals surface area (Å²) in [6.45, 7) is 7.04. The number of anilines is 1. The summed E-state index contributed by atoms with van der Waals surface area (Å²) in [5.74, 6) is 0.555. The number of ether oxygens (including phenoxy) is 1.